The molecule has 0 saturated carbocycles. The first-order valence-corrected chi connectivity index (χ1v) is 5.02. The molecule has 0 saturated heterocycles. The van der Waals surface area contributed by atoms with E-state index >= 15 is 0 Å². The average molecular weight is 250 g/mol. The van der Waals surface area contributed by atoms with Crippen LogP contribution >= 0.6 is 0 Å². The van der Waals surface area contributed by atoms with Crippen molar-refractivity contribution in [3.8, 4) is 6.07 Å². The number of aliphatic carboxylic acids is 1. The van der Waals surface area contributed by atoms with E-state index in [1.165, 1.54) is 12.1 Å². The minimum Gasteiger partial charge on any atom is -0.479 e. The van der Waals surface area contributed by atoms with Gasteiger partial charge in [0.25, 0.3) is 5.69 Å². The predicted molar refractivity (Wildman–Crippen MR) is 59.6 cm³/mol. The summed E-state index contributed by atoms with van der Waals surface area (Å²) in [6.45, 7) is 0. The molecule has 1 unspecified atom stereocenters. The molecule has 1 aromatic carbocycles. The van der Waals surface area contributed by atoms with E-state index in [1.807, 2.05) is 6.07 Å². The Balaban J connectivity index is 3.20. The monoisotopic (exact) mass is 250 g/mol. The number of rotatable bonds is 5. The molecule has 18 heavy (non-hydrogen) atoms. The quantitative estimate of drug-likeness (QED) is 0.596. The van der Waals surface area contributed by atoms with Gasteiger partial charge in [0.2, 0.25) is 0 Å². The topological polar surface area (TPSA) is 124 Å². The summed E-state index contributed by atoms with van der Waals surface area (Å²) < 4.78 is 0. The summed E-state index contributed by atoms with van der Waals surface area (Å²) in [5.74, 6) is -1.56. The molecule has 0 aliphatic rings. The summed E-state index contributed by atoms with van der Waals surface area (Å²) >= 11 is 0. The van der Waals surface area contributed by atoms with Crippen molar-refractivity contribution in [2.24, 2.45) is 0 Å². The third-order valence-corrected chi connectivity index (χ3v) is 2.34. The number of nitriles is 1. The zero-order valence-electron chi connectivity index (χ0n) is 9.24. The molecule has 94 valence electrons. The van der Waals surface area contributed by atoms with Crippen molar-refractivity contribution in [2.45, 2.75) is 18.9 Å². The second-order valence-electron chi connectivity index (χ2n) is 3.55. The van der Waals surface area contributed by atoms with Gasteiger partial charge in [-0.25, -0.2) is 4.79 Å². The van der Waals surface area contributed by atoms with Gasteiger partial charge in [-0.2, -0.15) is 5.26 Å². The van der Waals surface area contributed by atoms with Crippen LogP contribution in [0.25, 0.3) is 0 Å². The maximum Gasteiger partial charge on any atom is 0.337 e. The maximum absolute atomic E-state index is 10.7. The van der Waals surface area contributed by atoms with Gasteiger partial charge in [0.15, 0.2) is 6.10 Å². The molecule has 0 aliphatic heterocycles. The Hall–Kier alpha value is -2.46. The highest BCUT2D eigenvalue weighted by Gasteiger charge is 2.25. The first-order valence-electron chi connectivity index (χ1n) is 5.02. The average Bonchev–Trinajstić information content (AvgIpc) is 2.34. The van der Waals surface area contributed by atoms with E-state index in [2.05, 4.69) is 0 Å². The molecule has 7 nitrogen and oxygen atoms in total. The molecular weight excluding hydrogens is 240 g/mol. The van der Waals surface area contributed by atoms with Crippen LogP contribution in [0.15, 0.2) is 18.2 Å². The number of carboxylic acid groups (broad SMARTS) is 1. The number of aliphatic hydroxyl groups is 1. The summed E-state index contributed by atoms with van der Waals surface area (Å²) in [7, 11) is 0. The minimum absolute atomic E-state index is 0.209. The molecule has 0 amide bonds. The normalized spacial score (nSPS) is 11.6. The Morgan fingerprint density at radius 1 is 1.56 bits per heavy atom. The van der Waals surface area contributed by atoms with Gasteiger partial charge in [-0.1, -0.05) is 6.07 Å². The third-order valence-electron chi connectivity index (χ3n) is 2.34. The highest BCUT2D eigenvalue weighted by molar-refractivity contribution is 5.76. The van der Waals surface area contributed by atoms with Gasteiger partial charge in [0.05, 0.1) is 16.6 Å². The van der Waals surface area contributed by atoms with Crippen LogP contribution in [0.2, 0.25) is 0 Å². The van der Waals surface area contributed by atoms with E-state index < -0.39 is 22.7 Å². The van der Waals surface area contributed by atoms with Crippen LogP contribution in [-0.4, -0.2) is 21.1 Å². The second-order valence-corrected chi connectivity index (χ2v) is 3.55. The van der Waals surface area contributed by atoms with Crippen molar-refractivity contribution in [3.05, 3.63) is 39.4 Å². The summed E-state index contributed by atoms with van der Waals surface area (Å²) in [5, 5.41) is 37.3. The Morgan fingerprint density at radius 2 is 2.22 bits per heavy atom. The first-order chi connectivity index (χ1) is 8.47. The van der Waals surface area contributed by atoms with E-state index in [1.54, 1.807) is 0 Å². The molecule has 0 heterocycles. The van der Waals surface area contributed by atoms with E-state index in [-0.39, 0.29) is 12.0 Å². The van der Waals surface area contributed by atoms with Crippen molar-refractivity contribution in [3.63, 3.8) is 0 Å². The largest absolute Gasteiger partial charge is 0.479 e. The Labute approximate surface area is 102 Å². The number of nitro benzene ring substituents is 1. The lowest BCUT2D eigenvalue weighted by Gasteiger charge is -2.08. The molecular formula is C11H10N2O5. The van der Waals surface area contributed by atoms with Crippen LogP contribution in [0.3, 0.4) is 0 Å². The van der Waals surface area contributed by atoms with Crippen LogP contribution in [0.5, 0.6) is 0 Å². The van der Waals surface area contributed by atoms with E-state index in [0.717, 1.165) is 6.07 Å². The van der Waals surface area contributed by atoms with Crippen molar-refractivity contribution in [1.82, 2.24) is 0 Å². The van der Waals surface area contributed by atoms with Gasteiger partial charge in [-0.05, 0) is 18.1 Å². The van der Waals surface area contributed by atoms with Gasteiger partial charge in [-0.3, -0.25) is 10.1 Å². The van der Waals surface area contributed by atoms with Gasteiger partial charge in [0.1, 0.15) is 0 Å². The number of hydrogen-bond donors (Lipinski definition) is 2. The third kappa shape index (κ3) is 3.02. The van der Waals surface area contributed by atoms with Gasteiger partial charge < -0.3 is 10.2 Å². The first kappa shape index (κ1) is 13.6. The maximum atomic E-state index is 10.7. The molecule has 0 aromatic heterocycles. The standard InChI is InChI=1S/C11H10N2O5/c12-5-1-2-7-3-4-9(13(17)18)8(6-7)10(14)11(15)16/h3-4,6,10,14H,1-2H2,(H,15,16). The Kier molecular flexibility index (Phi) is 4.34. The van der Waals surface area contributed by atoms with Crippen LogP contribution in [-0.2, 0) is 11.2 Å². The summed E-state index contributed by atoms with van der Waals surface area (Å²) in [6.07, 6.45) is -1.40. The molecule has 0 aliphatic carbocycles. The molecule has 2 N–H and O–H groups in total. The van der Waals surface area contributed by atoms with Crippen molar-refractivity contribution >= 4 is 11.7 Å². The SMILES string of the molecule is N#CCCc1ccc([N+](=O)[O-])c(C(O)C(=O)O)c1. The van der Waals surface area contributed by atoms with Crippen molar-refractivity contribution in [2.75, 3.05) is 0 Å². The van der Waals surface area contributed by atoms with Gasteiger partial charge in [0, 0.05) is 12.5 Å². The number of aryl methyl sites for hydroxylation is 1. The fourth-order valence-electron chi connectivity index (χ4n) is 1.48. The van der Waals surface area contributed by atoms with Gasteiger partial charge >= 0.3 is 5.97 Å². The minimum atomic E-state index is -1.95. The van der Waals surface area contributed by atoms with Gasteiger partial charge in [-0.15, -0.1) is 0 Å². The number of carbonyl (C=O) groups is 1. The Morgan fingerprint density at radius 3 is 2.72 bits per heavy atom. The molecule has 0 fully saturated rings. The van der Waals surface area contributed by atoms with Crippen LogP contribution in [0.1, 0.15) is 23.7 Å². The van der Waals surface area contributed by atoms with E-state index in [9.17, 15) is 20.0 Å². The molecule has 0 spiro atoms. The fourth-order valence-corrected chi connectivity index (χ4v) is 1.48. The number of hydrogen-bond acceptors (Lipinski definition) is 5. The lowest BCUT2D eigenvalue weighted by molar-refractivity contribution is -0.386. The smallest absolute Gasteiger partial charge is 0.337 e. The number of nitrogens with zero attached hydrogens (tertiary/aromatic N) is 2. The molecule has 1 aromatic rings. The lowest BCUT2D eigenvalue weighted by Crippen LogP contribution is -2.13. The van der Waals surface area contributed by atoms with E-state index in [0.29, 0.717) is 12.0 Å². The van der Waals surface area contributed by atoms with Crippen LogP contribution in [0.4, 0.5) is 5.69 Å². The number of benzene rings is 1. The van der Waals surface area contributed by atoms with Crippen LogP contribution in [0, 0.1) is 21.4 Å². The van der Waals surface area contributed by atoms with E-state index in [4.69, 9.17) is 10.4 Å². The van der Waals surface area contributed by atoms with Crippen molar-refractivity contribution < 1.29 is 19.9 Å². The zero-order chi connectivity index (χ0) is 13.7. The molecule has 7 heteroatoms. The lowest BCUT2D eigenvalue weighted by atomic mass is 10.0. The van der Waals surface area contributed by atoms with Crippen molar-refractivity contribution in [1.29, 1.82) is 5.26 Å². The molecule has 0 radical (unpaired) electrons. The molecule has 1 atom stereocenters. The fraction of sp³-hybridized carbons (Fsp3) is 0.273. The summed E-state index contributed by atoms with van der Waals surface area (Å²) in [4.78, 5) is 20.6. The highest BCUT2D eigenvalue weighted by atomic mass is 16.6. The Bertz CT molecular complexity index is 521. The van der Waals surface area contributed by atoms with Crippen LogP contribution < -0.4 is 0 Å². The molecule has 1 rings (SSSR count). The number of nitro groups is 1. The zero-order valence-corrected chi connectivity index (χ0v) is 9.24. The number of carboxylic acids is 1. The second kappa shape index (κ2) is 5.75. The highest BCUT2D eigenvalue weighted by Crippen LogP contribution is 2.27. The summed E-state index contributed by atoms with van der Waals surface area (Å²) in [6, 6.07) is 5.73. The predicted octanol–water partition coefficient (Wildman–Crippen LogP) is 1.17. The number of aliphatic hydroxyl groups excluding tert-OH is 1. The summed E-state index contributed by atoms with van der Waals surface area (Å²) in [5.41, 5.74) is -0.161. The molecule has 0 bridgehead atoms.